The van der Waals surface area contributed by atoms with Gasteiger partial charge in [0.25, 0.3) is 0 Å². The van der Waals surface area contributed by atoms with Crippen molar-refractivity contribution in [2.24, 2.45) is 0 Å². The molecule has 1 aliphatic rings. The van der Waals surface area contributed by atoms with Gasteiger partial charge in [-0.25, -0.2) is 0 Å². The van der Waals surface area contributed by atoms with Crippen LogP contribution in [-0.2, 0) is 0 Å². The predicted molar refractivity (Wildman–Crippen MR) is 72.0 cm³/mol. The van der Waals surface area contributed by atoms with E-state index in [-0.39, 0.29) is 0 Å². The smallest absolute Gasteiger partial charge is 0.0320 e. The molecule has 0 amide bonds. The quantitative estimate of drug-likeness (QED) is 0.842. The number of rotatable bonds is 2. The Morgan fingerprint density at radius 1 is 1.20 bits per heavy atom. The topological polar surface area (TPSA) is 15.3 Å². The minimum atomic E-state index is 0.545. The molecule has 0 aromatic heterocycles. The number of benzene rings is 1. The van der Waals surface area contributed by atoms with Gasteiger partial charge in [0.15, 0.2) is 0 Å². The molecule has 1 fully saturated rings. The molecule has 0 saturated carbocycles. The van der Waals surface area contributed by atoms with E-state index in [0.717, 1.165) is 26.2 Å². The lowest BCUT2D eigenvalue weighted by atomic mass is 10.1. The van der Waals surface area contributed by atoms with Crippen molar-refractivity contribution >= 4 is 22.6 Å². The Morgan fingerprint density at radius 2 is 1.80 bits per heavy atom. The van der Waals surface area contributed by atoms with E-state index in [4.69, 9.17) is 0 Å². The van der Waals surface area contributed by atoms with Gasteiger partial charge in [0.2, 0.25) is 0 Å². The molecule has 3 heteroatoms. The first-order valence-corrected chi connectivity index (χ1v) is 6.55. The number of nitrogens with zero attached hydrogens (tertiary/aromatic N) is 1. The summed E-state index contributed by atoms with van der Waals surface area (Å²) in [5, 5.41) is 3.39. The molecular formula is C12H17IN2. The maximum absolute atomic E-state index is 3.39. The largest absolute Gasteiger partial charge is 0.314 e. The molecule has 15 heavy (non-hydrogen) atoms. The first kappa shape index (κ1) is 11.4. The second-order valence-electron chi connectivity index (χ2n) is 4.01. The minimum absolute atomic E-state index is 0.545. The molecular weight excluding hydrogens is 299 g/mol. The maximum atomic E-state index is 3.39. The molecule has 1 aromatic rings. The van der Waals surface area contributed by atoms with Gasteiger partial charge in [0.1, 0.15) is 0 Å². The highest BCUT2D eigenvalue weighted by Crippen LogP contribution is 2.21. The van der Waals surface area contributed by atoms with E-state index in [1.807, 2.05) is 0 Å². The summed E-state index contributed by atoms with van der Waals surface area (Å²) < 4.78 is 1.31. The normalized spacial score (nSPS) is 20.1. The lowest BCUT2D eigenvalue weighted by Gasteiger charge is -2.33. The molecule has 2 rings (SSSR count). The lowest BCUT2D eigenvalue weighted by Crippen LogP contribution is -2.44. The summed E-state index contributed by atoms with van der Waals surface area (Å²) in [6.45, 7) is 6.86. The number of halogens is 1. The van der Waals surface area contributed by atoms with E-state index >= 15 is 0 Å². The van der Waals surface area contributed by atoms with Crippen LogP contribution < -0.4 is 5.32 Å². The fraction of sp³-hybridized carbons (Fsp3) is 0.500. The molecule has 0 aliphatic carbocycles. The van der Waals surface area contributed by atoms with Gasteiger partial charge in [-0.15, -0.1) is 0 Å². The van der Waals surface area contributed by atoms with Crippen LogP contribution in [0.5, 0.6) is 0 Å². The third kappa shape index (κ3) is 2.92. The van der Waals surface area contributed by atoms with Crippen molar-refractivity contribution in [2.75, 3.05) is 26.2 Å². The Hall–Kier alpha value is -0.130. The van der Waals surface area contributed by atoms with Gasteiger partial charge >= 0.3 is 0 Å². The number of nitrogens with one attached hydrogen (secondary N) is 1. The maximum Gasteiger partial charge on any atom is 0.0320 e. The standard InChI is InChI=1S/C12H17IN2/c1-10(15-8-6-14-7-9-15)11-2-4-12(13)5-3-11/h2-5,10,14H,6-9H2,1H3/t10-/m1/s1. The minimum Gasteiger partial charge on any atom is -0.314 e. The van der Waals surface area contributed by atoms with Gasteiger partial charge in [0.05, 0.1) is 0 Å². The van der Waals surface area contributed by atoms with Gasteiger partial charge in [-0.1, -0.05) is 12.1 Å². The van der Waals surface area contributed by atoms with Crippen molar-refractivity contribution in [1.29, 1.82) is 0 Å². The fourth-order valence-electron chi connectivity index (χ4n) is 2.02. The molecule has 0 radical (unpaired) electrons. The summed E-state index contributed by atoms with van der Waals surface area (Å²) in [7, 11) is 0. The Labute approximate surface area is 105 Å². The highest BCUT2D eigenvalue weighted by atomic mass is 127. The van der Waals surface area contributed by atoms with E-state index < -0.39 is 0 Å². The molecule has 1 atom stereocenters. The van der Waals surface area contributed by atoms with Gasteiger partial charge in [-0.05, 0) is 47.2 Å². The van der Waals surface area contributed by atoms with Crippen LogP contribution in [0.25, 0.3) is 0 Å². The Bertz CT molecular complexity index is 304. The summed E-state index contributed by atoms with van der Waals surface area (Å²) >= 11 is 2.35. The average Bonchev–Trinajstić information content (AvgIpc) is 2.30. The third-order valence-corrected chi connectivity index (χ3v) is 3.77. The molecule has 0 unspecified atom stereocenters. The highest BCUT2D eigenvalue weighted by molar-refractivity contribution is 14.1. The van der Waals surface area contributed by atoms with Gasteiger partial charge in [-0.3, -0.25) is 4.90 Å². The van der Waals surface area contributed by atoms with Gasteiger partial charge in [-0.2, -0.15) is 0 Å². The summed E-state index contributed by atoms with van der Waals surface area (Å²) in [4.78, 5) is 2.54. The van der Waals surface area contributed by atoms with E-state index in [9.17, 15) is 0 Å². The molecule has 1 aliphatic heterocycles. The molecule has 82 valence electrons. The summed E-state index contributed by atoms with van der Waals surface area (Å²) in [5.41, 5.74) is 1.43. The van der Waals surface area contributed by atoms with Crippen LogP contribution >= 0.6 is 22.6 Å². The highest BCUT2D eigenvalue weighted by Gasteiger charge is 2.17. The number of hydrogen-bond donors (Lipinski definition) is 1. The van der Waals surface area contributed by atoms with Crippen LogP contribution in [0.1, 0.15) is 18.5 Å². The van der Waals surface area contributed by atoms with Gasteiger partial charge < -0.3 is 5.32 Å². The van der Waals surface area contributed by atoms with Crippen LogP contribution in [0.2, 0.25) is 0 Å². The van der Waals surface area contributed by atoms with Crippen molar-refractivity contribution < 1.29 is 0 Å². The number of piperazine rings is 1. The van der Waals surface area contributed by atoms with Crippen LogP contribution in [0, 0.1) is 3.57 Å². The van der Waals surface area contributed by atoms with Crippen LogP contribution in [-0.4, -0.2) is 31.1 Å². The van der Waals surface area contributed by atoms with Crippen molar-refractivity contribution in [3.8, 4) is 0 Å². The molecule has 1 aromatic carbocycles. The van der Waals surface area contributed by atoms with E-state index in [0.29, 0.717) is 6.04 Å². The Kier molecular flexibility index (Phi) is 3.99. The van der Waals surface area contributed by atoms with E-state index in [2.05, 4.69) is 64.0 Å². The van der Waals surface area contributed by atoms with E-state index in [1.165, 1.54) is 9.13 Å². The lowest BCUT2D eigenvalue weighted by molar-refractivity contribution is 0.185. The van der Waals surface area contributed by atoms with E-state index in [1.54, 1.807) is 0 Å². The number of hydrogen-bond acceptors (Lipinski definition) is 2. The third-order valence-electron chi connectivity index (χ3n) is 3.05. The Balaban J connectivity index is 2.05. The summed E-state index contributed by atoms with van der Waals surface area (Å²) in [6, 6.07) is 9.41. The zero-order valence-corrected chi connectivity index (χ0v) is 11.2. The molecule has 0 bridgehead atoms. The summed E-state index contributed by atoms with van der Waals surface area (Å²) in [5.74, 6) is 0. The van der Waals surface area contributed by atoms with Crippen molar-refractivity contribution in [1.82, 2.24) is 10.2 Å². The van der Waals surface area contributed by atoms with Crippen LogP contribution in [0.15, 0.2) is 24.3 Å². The second kappa shape index (κ2) is 5.27. The SMILES string of the molecule is C[C@H](c1ccc(I)cc1)N1CCNCC1. The Morgan fingerprint density at radius 3 is 2.40 bits per heavy atom. The zero-order chi connectivity index (χ0) is 10.7. The van der Waals surface area contributed by atoms with Gasteiger partial charge in [0, 0.05) is 35.8 Å². The molecule has 0 spiro atoms. The molecule has 1 heterocycles. The van der Waals surface area contributed by atoms with Crippen LogP contribution in [0.3, 0.4) is 0 Å². The fourth-order valence-corrected chi connectivity index (χ4v) is 2.38. The average molecular weight is 316 g/mol. The molecule has 1 N–H and O–H groups in total. The van der Waals surface area contributed by atoms with Crippen molar-refractivity contribution in [2.45, 2.75) is 13.0 Å². The summed E-state index contributed by atoms with van der Waals surface area (Å²) in [6.07, 6.45) is 0. The first-order valence-electron chi connectivity index (χ1n) is 5.47. The molecule has 2 nitrogen and oxygen atoms in total. The first-order chi connectivity index (χ1) is 7.27. The molecule has 1 saturated heterocycles. The van der Waals surface area contributed by atoms with Crippen molar-refractivity contribution in [3.05, 3.63) is 33.4 Å². The monoisotopic (exact) mass is 316 g/mol. The van der Waals surface area contributed by atoms with Crippen molar-refractivity contribution in [3.63, 3.8) is 0 Å². The van der Waals surface area contributed by atoms with Crippen LogP contribution in [0.4, 0.5) is 0 Å². The zero-order valence-electron chi connectivity index (χ0n) is 9.04. The predicted octanol–water partition coefficient (Wildman–Crippen LogP) is 2.26. The second-order valence-corrected chi connectivity index (χ2v) is 5.26.